The number of anilines is 1. The highest BCUT2D eigenvalue weighted by atomic mass is 16.1. The highest BCUT2D eigenvalue weighted by Crippen LogP contribution is 2.15. The molecule has 1 heterocycles. The third kappa shape index (κ3) is 2.93. The number of nitrogens with one attached hydrogen (secondary N) is 1. The number of nitrogens with two attached hydrogens (primary N) is 1. The Kier molecular flexibility index (Phi) is 3.96. The van der Waals surface area contributed by atoms with Crippen LogP contribution in [0.1, 0.15) is 34.6 Å². The summed E-state index contributed by atoms with van der Waals surface area (Å²) in [5.41, 5.74) is 7.77. The zero-order valence-electron chi connectivity index (χ0n) is 11.0. The van der Waals surface area contributed by atoms with E-state index in [0.29, 0.717) is 11.3 Å². The van der Waals surface area contributed by atoms with Crippen molar-refractivity contribution in [2.24, 2.45) is 0 Å². The van der Waals surface area contributed by atoms with Crippen molar-refractivity contribution in [2.75, 3.05) is 5.73 Å². The quantitative estimate of drug-likeness (QED) is 0.889. The van der Waals surface area contributed by atoms with Crippen LogP contribution in [0.3, 0.4) is 0 Å². The van der Waals surface area contributed by atoms with E-state index < -0.39 is 0 Å². The van der Waals surface area contributed by atoms with Gasteiger partial charge in [-0.25, -0.2) is 4.98 Å². The van der Waals surface area contributed by atoms with Gasteiger partial charge in [0.1, 0.15) is 0 Å². The number of hydrogen-bond donors (Lipinski definition) is 2. The number of nitrogens with zero attached hydrogens (tertiary/aromatic N) is 2. The molecule has 1 aromatic carbocycles. The molecule has 0 spiro atoms. The Hall–Kier alpha value is -2.87. The van der Waals surface area contributed by atoms with Crippen LogP contribution in [-0.2, 0) is 0 Å². The summed E-state index contributed by atoms with van der Waals surface area (Å²) in [6, 6.07) is 12.2. The lowest BCUT2D eigenvalue weighted by Gasteiger charge is -2.14. The molecule has 2 aromatic rings. The van der Waals surface area contributed by atoms with Gasteiger partial charge in [0.05, 0.1) is 23.4 Å². The van der Waals surface area contributed by atoms with Crippen molar-refractivity contribution in [3.05, 3.63) is 59.4 Å². The van der Waals surface area contributed by atoms with Crippen LogP contribution in [0.2, 0.25) is 0 Å². The second-order valence-corrected chi connectivity index (χ2v) is 4.37. The van der Waals surface area contributed by atoms with Gasteiger partial charge in [-0.15, -0.1) is 0 Å². The number of carbonyl (C=O) groups excluding carboxylic acids is 1. The van der Waals surface area contributed by atoms with Crippen molar-refractivity contribution in [1.82, 2.24) is 10.3 Å². The fourth-order valence-electron chi connectivity index (χ4n) is 1.80. The van der Waals surface area contributed by atoms with Crippen molar-refractivity contribution in [3.8, 4) is 6.07 Å². The largest absolute Gasteiger partial charge is 0.397 e. The SMILES string of the molecule is CC(NC(=O)c1ncccc1N)c1ccc(C#N)cc1. The molecule has 0 saturated carbocycles. The third-order valence-corrected chi connectivity index (χ3v) is 2.94. The lowest BCUT2D eigenvalue weighted by atomic mass is 10.1. The number of benzene rings is 1. The zero-order chi connectivity index (χ0) is 14.5. The standard InChI is InChI=1S/C15H14N4O/c1-10(12-6-4-11(9-16)5-7-12)19-15(20)14-13(17)3-2-8-18-14/h2-8,10H,17H2,1H3,(H,19,20). The number of carbonyl (C=O) groups is 1. The molecule has 0 aliphatic rings. The summed E-state index contributed by atoms with van der Waals surface area (Å²) in [6.07, 6.45) is 1.53. The lowest BCUT2D eigenvalue weighted by molar-refractivity contribution is 0.0936. The normalized spacial score (nSPS) is 11.4. The maximum absolute atomic E-state index is 12.1. The average molecular weight is 266 g/mol. The smallest absolute Gasteiger partial charge is 0.272 e. The van der Waals surface area contributed by atoms with E-state index in [1.54, 1.807) is 24.3 Å². The van der Waals surface area contributed by atoms with Crippen LogP contribution in [0.15, 0.2) is 42.6 Å². The van der Waals surface area contributed by atoms with Gasteiger partial charge in [0.25, 0.3) is 5.91 Å². The minimum atomic E-state index is -0.319. The predicted molar refractivity (Wildman–Crippen MR) is 75.7 cm³/mol. The van der Waals surface area contributed by atoms with Crippen LogP contribution >= 0.6 is 0 Å². The van der Waals surface area contributed by atoms with E-state index in [4.69, 9.17) is 11.0 Å². The molecule has 3 N–H and O–H groups in total. The molecule has 0 fully saturated rings. The molecular weight excluding hydrogens is 252 g/mol. The number of rotatable bonds is 3. The number of aromatic nitrogens is 1. The van der Waals surface area contributed by atoms with E-state index in [1.165, 1.54) is 6.20 Å². The molecule has 0 radical (unpaired) electrons. The van der Waals surface area contributed by atoms with E-state index >= 15 is 0 Å². The van der Waals surface area contributed by atoms with E-state index in [-0.39, 0.29) is 17.6 Å². The van der Waals surface area contributed by atoms with Crippen molar-refractivity contribution in [2.45, 2.75) is 13.0 Å². The first-order valence-corrected chi connectivity index (χ1v) is 6.13. The van der Waals surface area contributed by atoms with Gasteiger partial charge in [0.2, 0.25) is 0 Å². The molecular formula is C15H14N4O. The maximum Gasteiger partial charge on any atom is 0.272 e. The van der Waals surface area contributed by atoms with Gasteiger partial charge >= 0.3 is 0 Å². The van der Waals surface area contributed by atoms with Crippen molar-refractivity contribution in [3.63, 3.8) is 0 Å². The summed E-state index contributed by atoms with van der Waals surface area (Å²) in [4.78, 5) is 16.0. The van der Waals surface area contributed by atoms with Gasteiger partial charge < -0.3 is 11.1 Å². The van der Waals surface area contributed by atoms with Gasteiger partial charge in [-0.3, -0.25) is 4.79 Å². The zero-order valence-corrected chi connectivity index (χ0v) is 11.0. The molecule has 5 nitrogen and oxygen atoms in total. The maximum atomic E-state index is 12.1. The van der Waals surface area contributed by atoms with Crippen molar-refractivity contribution >= 4 is 11.6 Å². The van der Waals surface area contributed by atoms with Gasteiger partial charge in [0.15, 0.2) is 5.69 Å². The Morgan fingerprint density at radius 3 is 2.65 bits per heavy atom. The molecule has 1 amide bonds. The van der Waals surface area contributed by atoms with E-state index in [9.17, 15) is 4.79 Å². The van der Waals surface area contributed by atoms with Gasteiger partial charge in [-0.1, -0.05) is 12.1 Å². The third-order valence-electron chi connectivity index (χ3n) is 2.94. The first-order chi connectivity index (χ1) is 9.61. The van der Waals surface area contributed by atoms with E-state index in [0.717, 1.165) is 5.56 Å². The number of hydrogen-bond acceptors (Lipinski definition) is 4. The number of pyridine rings is 1. The Bertz CT molecular complexity index is 658. The minimum Gasteiger partial charge on any atom is -0.397 e. The Morgan fingerprint density at radius 1 is 1.35 bits per heavy atom. The topological polar surface area (TPSA) is 91.8 Å². The van der Waals surface area contributed by atoms with Crippen LogP contribution in [0.4, 0.5) is 5.69 Å². The molecule has 2 rings (SSSR count). The summed E-state index contributed by atoms with van der Waals surface area (Å²) in [6.45, 7) is 1.86. The molecule has 1 atom stereocenters. The van der Waals surface area contributed by atoms with Crippen LogP contribution in [0.5, 0.6) is 0 Å². The minimum absolute atomic E-state index is 0.198. The van der Waals surface area contributed by atoms with Gasteiger partial charge in [-0.05, 0) is 36.8 Å². The molecule has 5 heteroatoms. The van der Waals surface area contributed by atoms with Crippen molar-refractivity contribution < 1.29 is 4.79 Å². The summed E-state index contributed by atoms with van der Waals surface area (Å²) in [7, 11) is 0. The molecule has 20 heavy (non-hydrogen) atoms. The first-order valence-electron chi connectivity index (χ1n) is 6.13. The van der Waals surface area contributed by atoms with E-state index in [2.05, 4.69) is 16.4 Å². The molecule has 0 saturated heterocycles. The Labute approximate surface area is 117 Å². The second kappa shape index (κ2) is 5.85. The Balaban J connectivity index is 2.11. The van der Waals surface area contributed by atoms with E-state index in [1.807, 2.05) is 19.1 Å². The molecule has 0 bridgehead atoms. The molecule has 1 unspecified atom stereocenters. The Morgan fingerprint density at radius 2 is 2.05 bits per heavy atom. The van der Waals surface area contributed by atoms with Crippen LogP contribution in [-0.4, -0.2) is 10.9 Å². The summed E-state index contributed by atoms with van der Waals surface area (Å²) in [5, 5.41) is 11.6. The lowest BCUT2D eigenvalue weighted by Crippen LogP contribution is -2.28. The fourth-order valence-corrected chi connectivity index (χ4v) is 1.80. The van der Waals surface area contributed by atoms with Crippen LogP contribution in [0, 0.1) is 11.3 Å². The second-order valence-electron chi connectivity index (χ2n) is 4.37. The monoisotopic (exact) mass is 266 g/mol. The summed E-state index contributed by atoms with van der Waals surface area (Å²) < 4.78 is 0. The van der Waals surface area contributed by atoms with Crippen LogP contribution < -0.4 is 11.1 Å². The highest BCUT2D eigenvalue weighted by molar-refractivity contribution is 5.97. The molecule has 0 aliphatic carbocycles. The number of nitriles is 1. The number of nitrogen functional groups attached to an aromatic ring is 1. The number of amides is 1. The fraction of sp³-hybridized carbons (Fsp3) is 0.133. The predicted octanol–water partition coefficient (Wildman–Crippen LogP) is 2.03. The van der Waals surface area contributed by atoms with Crippen molar-refractivity contribution in [1.29, 1.82) is 5.26 Å². The molecule has 0 aliphatic heterocycles. The molecule has 1 aromatic heterocycles. The summed E-state index contributed by atoms with van der Waals surface area (Å²) >= 11 is 0. The van der Waals surface area contributed by atoms with Gasteiger partial charge in [0, 0.05) is 6.20 Å². The molecule has 100 valence electrons. The van der Waals surface area contributed by atoms with Gasteiger partial charge in [-0.2, -0.15) is 5.26 Å². The van der Waals surface area contributed by atoms with Crippen LogP contribution in [0.25, 0.3) is 0 Å². The average Bonchev–Trinajstić information content (AvgIpc) is 2.47. The summed E-state index contributed by atoms with van der Waals surface area (Å²) in [5.74, 6) is -0.319. The highest BCUT2D eigenvalue weighted by Gasteiger charge is 2.14. The first kappa shape index (κ1) is 13.6.